The molecule has 0 spiro atoms. The van der Waals surface area contributed by atoms with Crippen molar-refractivity contribution in [3.8, 4) is 0 Å². The molecule has 0 fully saturated rings. The summed E-state index contributed by atoms with van der Waals surface area (Å²) in [5.74, 6) is 1.52. The Kier molecular flexibility index (Phi) is 5.29. The molecule has 5 nitrogen and oxygen atoms in total. The highest BCUT2D eigenvalue weighted by Crippen LogP contribution is 2.10. The van der Waals surface area contributed by atoms with Gasteiger partial charge in [-0.1, -0.05) is 19.4 Å². The molecule has 0 aliphatic heterocycles. The molecule has 0 saturated carbocycles. The van der Waals surface area contributed by atoms with Crippen molar-refractivity contribution in [3.05, 3.63) is 41.9 Å². The van der Waals surface area contributed by atoms with Crippen molar-refractivity contribution in [1.82, 2.24) is 15.0 Å². The molecule has 0 aromatic carbocycles. The smallest absolute Gasteiger partial charge is 0.225 e. The highest BCUT2D eigenvalue weighted by Gasteiger charge is 2.02. The molecule has 2 heterocycles. The minimum absolute atomic E-state index is 0.646. The Morgan fingerprint density at radius 3 is 2.85 bits per heavy atom. The van der Waals surface area contributed by atoms with Gasteiger partial charge in [-0.2, -0.15) is 4.98 Å². The van der Waals surface area contributed by atoms with Gasteiger partial charge in [-0.05, 0) is 25.0 Å². The van der Waals surface area contributed by atoms with Crippen molar-refractivity contribution in [2.75, 3.05) is 17.2 Å². The van der Waals surface area contributed by atoms with Crippen molar-refractivity contribution in [1.29, 1.82) is 0 Å². The fraction of sp³-hybridized carbons (Fsp3) is 0.400. The van der Waals surface area contributed by atoms with Gasteiger partial charge in [-0.25, -0.2) is 4.98 Å². The molecule has 0 saturated heterocycles. The second kappa shape index (κ2) is 7.43. The van der Waals surface area contributed by atoms with Crippen LogP contribution in [-0.2, 0) is 6.54 Å². The van der Waals surface area contributed by atoms with E-state index in [1.807, 2.05) is 31.3 Å². The zero-order valence-corrected chi connectivity index (χ0v) is 12.1. The van der Waals surface area contributed by atoms with Crippen molar-refractivity contribution < 1.29 is 0 Å². The molecule has 0 radical (unpaired) electrons. The fourth-order valence-electron chi connectivity index (χ4n) is 1.82. The maximum absolute atomic E-state index is 4.47. The lowest BCUT2D eigenvalue weighted by atomic mass is 10.3. The zero-order chi connectivity index (χ0) is 14.2. The maximum atomic E-state index is 4.47. The molecule has 2 rings (SSSR count). The number of aryl methyl sites for hydroxylation is 1. The Labute approximate surface area is 119 Å². The van der Waals surface area contributed by atoms with Crippen molar-refractivity contribution in [2.45, 2.75) is 33.2 Å². The van der Waals surface area contributed by atoms with Gasteiger partial charge in [0.15, 0.2) is 0 Å². The van der Waals surface area contributed by atoms with Crippen LogP contribution in [0.15, 0.2) is 30.6 Å². The number of nitrogens with zero attached hydrogens (tertiary/aromatic N) is 3. The van der Waals surface area contributed by atoms with Crippen molar-refractivity contribution in [2.24, 2.45) is 0 Å². The number of rotatable bonds is 7. The molecule has 2 N–H and O–H groups in total. The molecule has 0 amide bonds. The standard InChI is InChI=1S/C15H21N5/c1-3-4-8-17-14-9-12(2)19-15(20-14)18-11-13-6-5-7-16-10-13/h5-7,9-10H,3-4,8,11H2,1-2H3,(H2,17,18,19,20). The van der Waals surface area contributed by atoms with Gasteiger partial charge in [0.05, 0.1) is 0 Å². The van der Waals surface area contributed by atoms with Crippen LogP contribution in [0.3, 0.4) is 0 Å². The first-order chi connectivity index (χ1) is 9.78. The first kappa shape index (κ1) is 14.2. The normalized spacial score (nSPS) is 10.3. The first-order valence-electron chi connectivity index (χ1n) is 7.00. The molecule has 20 heavy (non-hydrogen) atoms. The van der Waals surface area contributed by atoms with Crippen molar-refractivity contribution in [3.63, 3.8) is 0 Å². The Bertz CT molecular complexity index is 527. The summed E-state index contributed by atoms with van der Waals surface area (Å²) >= 11 is 0. The molecule has 106 valence electrons. The molecular weight excluding hydrogens is 250 g/mol. The predicted molar refractivity (Wildman–Crippen MR) is 81.7 cm³/mol. The van der Waals surface area contributed by atoms with E-state index in [9.17, 15) is 0 Å². The molecule has 0 bridgehead atoms. The van der Waals surface area contributed by atoms with Crippen LogP contribution >= 0.6 is 0 Å². The monoisotopic (exact) mass is 271 g/mol. The molecule has 2 aromatic heterocycles. The van der Waals surface area contributed by atoms with Crippen LogP contribution in [0.4, 0.5) is 11.8 Å². The quantitative estimate of drug-likeness (QED) is 0.758. The Morgan fingerprint density at radius 1 is 1.20 bits per heavy atom. The maximum Gasteiger partial charge on any atom is 0.225 e. The fourth-order valence-corrected chi connectivity index (χ4v) is 1.82. The molecule has 0 unspecified atom stereocenters. The largest absolute Gasteiger partial charge is 0.370 e. The number of hydrogen-bond acceptors (Lipinski definition) is 5. The average Bonchev–Trinajstić information content (AvgIpc) is 2.46. The zero-order valence-electron chi connectivity index (χ0n) is 12.1. The SMILES string of the molecule is CCCCNc1cc(C)nc(NCc2cccnc2)n1. The van der Waals surface area contributed by atoms with E-state index in [1.165, 1.54) is 6.42 Å². The highest BCUT2D eigenvalue weighted by molar-refractivity contribution is 5.42. The Morgan fingerprint density at radius 2 is 2.10 bits per heavy atom. The van der Waals surface area contributed by atoms with Gasteiger partial charge in [0, 0.05) is 37.2 Å². The molecule has 0 atom stereocenters. The van der Waals surface area contributed by atoms with E-state index < -0.39 is 0 Å². The van der Waals surface area contributed by atoms with Crippen LogP contribution in [0.5, 0.6) is 0 Å². The molecule has 0 aliphatic carbocycles. The van der Waals surface area contributed by atoms with Crippen LogP contribution in [0.1, 0.15) is 31.0 Å². The number of unbranched alkanes of at least 4 members (excludes halogenated alkanes) is 1. The van der Waals surface area contributed by atoms with Crippen LogP contribution < -0.4 is 10.6 Å². The van der Waals surface area contributed by atoms with Gasteiger partial charge in [0.1, 0.15) is 5.82 Å². The number of pyridine rings is 1. The number of anilines is 2. The van der Waals surface area contributed by atoms with Gasteiger partial charge < -0.3 is 10.6 Å². The topological polar surface area (TPSA) is 62.7 Å². The van der Waals surface area contributed by atoms with Gasteiger partial charge in [0.25, 0.3) is 0 Å². The summed E-state index contributed by atoms with van der Waals surface area (Å²) in [6, 6.07) is 5.91. The minimum Gasteiger partial charge on any atom is -0.370 e. The van der Waals surface area contributed by atoms with Gasteiger partial charge >= 0.3 is 0 Å². The van der Waals surface area contributed by atoms with E-state index in [0.29, 0.717) is 12.5 Å². The lowest BCUT2D eigenvalue weighted by molar-refractivity contribution is 0.829. The van der Waals surface area contributed by atoms with Crippen molar-refractivity contribution >= 4 is 11.8 Å². The Hall–Kier alpha value is -2.17. The third kappa shape index (κ3) is 4.50. The third-order valence-electron chi connectivity index (χ3n) is 2.86. The summed E-state index contributed by atoms with van der Waals surface area (Å²) in [5.41, 5.74) is 2.06. The summed E-state index contributed by atoms with van der Waals surface area (Å²) in [7, 11) is 0. The minimum atomic E-state index is 0.646. The van der Waals surface area contributed by atoms with Gasteiger partial charge in [0.2, 0.25) is 5.95 Å². The second-order valence-electron chi connectivity index (χ2n) is 4.71. The van der Waals surface area contributed by atoms with E-state index in [2.05, 4.69) is 32.5 Å². The lowest BCUT2D eigenvalue weighted by Gasteiger charge is -2.09. The van der Waals surface area contributed by atoms with E-state index >= 15 is 0 Å². The highest BCUT2D eigenvalue weighted by atomic mass is 15.1. The second-order valence-corrected chi connectivity index (χ2v) is 4.71. The van der Waals surface area contributed by atoms with Crippen LogP contribution in [-0.4, -0.2) is 21.5 Å². The van der Waals surface area contributed by atoms with Crippen LogP contribution in [0.25, 0.3) is 0 Å². The number of hydrogen-bond donors (Lipinski definition) is 2. The summed E-state index contributed by atoms with van der Waals surface area (Å²) < 4.78 is 0. The van der Waals surface area contributed by atoms with E-state index in [-0.39, 0.29) is 0 Å². The number of nitrogens with one attached hydrogen (secondary N) is 2. The average molecular weight is 271 g/mol. The molecule has 5 heteroatoms. The Balaban J connectivity index is 1.97. The first-order valence-corrected chi connectivity index (χ1v) is 7.00. The van der Waals surface area contributed by atoms with Crippen LogP contribution in [0, 0.1) is 6.92 Å². The summed E-state index contributed by atoms with van der Waals surface area (Å²) in [5, 5.41) is 6.55. The number of aromatic nitrogens is 3. The molecule has 2 aromatic rings. The van der Waals surface area contributed by atoms with Gasteiger partial charge in [-0.3, -0.25) is 4.98 Å². The summed E-state index contributed by atoms with van der Waals surface area (Å²) in [4.78, 5) is 13.0. The predicted octanol–water partition coefficient (Wildman–Crippen LogP) is 3.00. The van der Waals surface area contributed by atoms with Gasteiger partial charge in [-0.15, -0.1) is 0 Å². The molecular formula is C15H21N5. The summed E-state index contributed by atoms with van der Waals surface area (Å²) in [6.07, 6.45) is 5.91. The van der Waals surface area contributed by atoms with E-state index in [1.54, 1.807) is 6.20 Å². The van der Waals surface area contributed by atoms with E-state index in [4.69, 9.17) is 0 Å². The summed E-state index contributed by atoms with van der Waals surface area (Å²) in [6.45, 7) is 5.76. The van der Waals surface area contributed by atoms with Crippen LogP contribution in [0.2, 0.25) is 0 Å². The molecule has 0 aliphatic rings. The van der Waals surface area contributed by atoms with E-state index in [0.717, 1.165) is 30.0 Å². The third-order valence-corrected chi connectivity index (χ3v) is 2.86. The lowest BCUT2D eigenvalue weighted by Crippen LogP contribution is -2.08.